The zero-order valence-electron chi connectivity index (χ0n) is 12.7. The molecule has 0 aliphatic carbocycles. The van der Waals surface area contributed by atoms with Gasteiger partial charge in [-0.1, -0.05) is 26.1 Å². The first-order valence-corrected chi connectivity index (χ1v) is 7.62. The van der Waals surface area contributed by atoms with E-state index in [1.165, 1.54) is 0 Å². The third kappa shape index (κ3) is 4.68. The summed E-state index contributed by atoms with van der Waals surface area (Å²) in [5, 5.41) is 0. The van der Waals surface area contributed by atoms with Gasteiger partial charge in [-0.15, -0.1) is 0 Å². The lowest BCUT2D eigenvalue weighted by atomic mass is 10.3. The first kappa shape index (κ1) is 16.8. The van der Waals surface area contributed by atoms with Gasteiger partial charge in [0.25, 0.3) is 0 Å². The molecule has 112 valence electrons. The fraction of sp³-hybridized carbons (Fsp3) is 0.643. The summed E-state index contributed by atoms with van der Waals surface area (Å²) in [6.07, 6.45) is 4.40. The molecule has 0 atom stereocenters. The Kier molecular flexibility index (Phi) is 7.40. The van der Waals surface area contributed by atoms with Crippen LogP contribution in [0.3, 0.4) is 0 Å². The number of hydrogen-bond acceptors (Lipinski definition) is 5. The molecule has 0 unspecified atom stereocenters. The van der Waals surface area contributed by atoms with E-state index in [9.17, 15) is 0 Å². The van der Waals surface area contributed by atoms with E-state index in [2.05, 4.69) is 40.5 Å². The quantitative estimate of drug-likeness (QED) is 0.699. The third-order valence-electron chi connectivity index (χ3n) is 3.39. The second-order valence-corrected chi connectivity index (χ2v) is 4.99. The van der Waals surface area contributed by atoms with Crippen molar-refractivity contribution in [2.24, 2.45) is 5.73 Å². The lowest BCUT2D eigenvalue weighted by molar-refractivity contribution is 0.300. The largest absolute Gasteiger partial charge is 0.388 e. The predicted octanol–water partition coefficient (Wildman–Crippen LogP) is 1.67. The normalized spacial score (nSPS) is 10.8. The molecule has 0 aliphatic heterocycles. The number of aromatic nitrogens is 2. The maximum atomic E-state index is 5.72. The van der Waals surface area contributed by atoms with Crippen molar-refractivity contribution < 1.29 is 0 Å². The van der Waals surface area contributed by atoms with E-state index in [-0.39, 0.29) is 0 Å². The number of nitrogens with two attached hydrogens (primary N) is 1. The molecule has 2 N–H and O–H groups in total. The van der Waals surface area contributed by atoms with E-state index in [1.54, 1.807) is 12.4 Å². The summed E-state index contributed by atoms with van der Waals surface area (Å²) in [6, 6.07) is 0. The Morgan fingerprint density at radius 1 is 1.10 bits per heavy atom. The average Bonchev–Trinajstić information content (AvgIpc) is 2.47. The van der Waals surface area contributed by atoms with E-state index >= 15 is 0 Å². The van der Waals surface area contributed by atoms with Crippen LogP contribution in [0.15, 0.2) is 12.4 Å². The molecule has 1 heterocycles. The summed E-state index contributed by atoms with van der Waals surface area (Å²) >= 11 is 5.05. The van der Waals surface area contributed by atoms with Crippen LogP contribution in [0.1, 0.15) is 32.9 Å². The lowest BCUT2D eigenvalue weighted by Gasteiger charge is -2.25. The standard InChI is InChI=1S/C14H25N5S/c1-4-18(5-2)10-7-11-19(6-3)14-12(13(15)20)16-8-9-17-14/h8-9H,4-7,10-11H2,1-3H3,(H2,15,20). The highest BCUT2D eigenvalue weighted by molar-refractivity contribution is 7.80. The van der Waals surface area contributed by atoms with Crippen LogP contribution in [-0.4, -0.2) is 52.6 Å². The van der Waals surface area contributed by atoms with Gasteiger partial charge in [0.15, 0.2) is 5.82 Å². The number of thiocarbonyl (C=S) groups is 1. The fourth-order valence-corrected chi connectivity index (χ4v) is 2.32. The molecule has 0 aromatic carbocycles. The summed E-state index contributed by atoms with van der Waals surface area (Å²) in [5.74, 6) is 0.794. The molecule has 0 radical (unpaired) electrons. The second kappa shape index (κ2) is 8.81. The van der Waals surface area contributed by atoms with Crippen molar-refractivity contribution in [1.82, 2.24) is 14.9 Å². The van der Waals surface area contributed by atoms with Gasteiger partial charge >= 0.3 is 0 Å². The first-order valence-electron chi connectivity index (χ1n) is 7.22. The van der Waals surface area contributed by atoms with Crippen LogP contribution in [-0.2, 0) is 0 Å². The highest BCUT2D eigenvalue weighted by Gasteiger charge is 2.14. The van der Waals surface area contributed by atoms with Gasteiger partial charge in [-0.2, -0.15) is 0 Å². The van der Waals surface area contributed by atoms with E-state index in [1.807, 2.05) is 0 Å². The van der Waals surface area contributed by atoms with Crippen molar-refractivity contribution >= 4 is 23.0 Å². The molecule has 0 aliphatic rings. The molecule has 1 rings (SSSR count). The molecule has 20 heavy (non-hydrogen) atoms. The van der Waals surface area contributed by atoms with Crippen molar-refractivity contribution in [1.29, 1.82) is 0 Å². The molecular weight excluding hydrogens is 270 g/mol. The topological polar surface area (TPSA) is 58.3 Å². The van der Waals surface area contributed by atoms with Crippen LogP contribution in [0, 0.1) is 0 Å². The summed E-state index contributed by atoms with van der Waals surface area (Å²) in [5.41, 5.74) is 6.34. The van der Waals surface area contributed by atoms with Crippen LogP contribution < -0.4 is 10.6 Å². The van der Waals surface area contributed by atoms with Crippen molar-refractivity contribution in [3.63, 3.8) is 0 Å². The van der Waals surface area contributed by atoms with E-state index < -0.39 is 0 Å². The van der Waals surface area contributed by atoms with Crippen LogP contribution in [0.2, 0.25) is 0 Å². The maximum absolute atomic E-state index is 5.72. The van der Waals surface area contributed by atoms with Gasteiger partial charge in [0.05, 0.1) is 0 Å². The minimum atomic E-state index is 0.301. The predicted molar refractivity (Wildman–Crippen MR) is 88.2 cm³/mol. The summed E-state index contributed by atoms with van der Waals surface area (Å²) in [4.78, 5) is 13.5. The van der Waals surface area contributed by atoms with Crippen LogP contribution in [0.25, 0.3) is 0 Å². The monoisotopic (exact) mass is 295 g/mol. The van der Waals surface area contributed by atoms with Crippen LogP contribution in [0.4, 0.5) is 5.82 Å². The van der Waals surface area contributed by atoms with Gasteiger partial charge in [-0.05, 0) is 33.0 Å². The third-order valence-corrected chi connectivity index (χ3v) is 3.58. The minimum Gasteiger partial charge on any atom is -0.388 e. The number of hydrogen-bond donors (Lipinski definition) is 1. The van der Waals surface area contributed by atoms with Gasteiger partial charge in [0, 0.05) is 25.5 Å². The molecular formula is C14H25N5S. The highest BCUT2D eigenvalue weighted by atomic mass is 32.1. The van der Waals surface area contributed by atoms with E-state index in [0.29, 0.717) is 10.7 Å². The molecule has 0 saturated heterocycles. The van der Waals surface area contributed by atoms with Crippen LogP contribution in [0.5, 0.6) is 0 Å². The molecule has 0 fully saturated rings. The molecule has 5 nitrogen and oxygen atoms in total. The Bertz CT molecular complexity index is 420. The Morgan fingerprint density at radius 3 is 2.30 bits per heavy atom. The van der Waals surface area contributed by atoms with Crippen molar-refractivity contribution in [2.75, 3.05) is 37.6 Å². The summed E-state index contributed by atoms with van der Waals surface area (Å²) in [7, 11) is 0. The second-order valence-electron chi connectivity index (χ2n) is 4.55. The number of nitrogens with zero attached hydrogens (tertiary/aromatic N) is 4. The first-order chi connectivity index (χ1) is 9.63. The number of rotatable bonds is 9. The van der Waals surface area contributed by atoms with E-state index in [4.69, 9.17) is 18.0 Å². The van der Waals surface area contributed by atoms with Crippen molar-refractivity contribution in [2.45, 2.75) is 27.2 Å². The Hall–Kier alpha value is -1.27. The van der Waals surface area contributed by atoms with Crippen LogP contribution >= 0.6 is 12.2 Å². The minimum absolute atomic E-state index is 0.301. The summed E-state index contributed by atoms with van der Waals surface area (Å²) in [6.45, 7) is 11.6. The molecule has 1 aromatic rings. The van der Waals surface area contributed by atoms with E-state index in [0.717, 1.165) is 45.0 Å². The highest BCUT2D eigenvalue weighted by Crippen LogP contribution is 2.15. The zero-order chi connectivity index (χ0) is 15.0. The fourth-order valence-electron chi connectivity index (χ4n) is 2.17. The smallest absolute Gasteiger partial charge is 0.157 e. The Labute approximate surface area is 127 Å². The van der Waals surface area contributed by atoms with Crippen molar-refractivity contribution in [3.8, 4) is 0 Å². The average molecular weight is 295 g/mol. The van der Waals surface area contributed by atoms with Crippen molar-refractivity contribution in [3.05, 3.63) is 18.1 Å². The zero-order valence-corrected chi connectivity index (χ0v) is 13.5. The molecule has 0 saturated carbocycles. The Balaban J connectivity index is 2.69. The molecule has 1 aromatic heterocycles. The molecule has 0 bridgehead atoms. The van der Waals surface area contributed by atoms with Gasteiger partial charge in [-0.25, -0.2) is 9.97 Å². The molecule has 6 heteroatoms. The van der Waals surface area contributed by atoms with Gasteiger partial charge in [0.2, 0.25) is 0 Å². The molecule has 0 amide bonds. The Morgan fingerprint density at radius 2 is 1.75 bits per heavy atom. The van der Waals surface area contributed by atoms with Gasteiger partial charge in [0.1, 0.15) is 10.7 Å². The molecule has 0 spiro atoms. The summed E-state index contributed by atoms with van der Waals surface area (Å²) < 4.78 is 0. The van der Waals surface area contributed by atoms with Gasteiger partial charge in [-0.3, -0.25) is 0 Å². The SMILES string of the molecule is CCN(CC)CCCN(CC)c1nccnc1C(N)=S. The van der Waals surface area contributed by atoms with Gasteiger partial charge < -0.3 is 15.5 Å². The lowest BCUT2D eigenvalue weighted by Crippen LogP contribution is -2.32. The number of anilines is 1. The maximum Gasteiger partial charge on any atom is 0.157 e.